The van der Waals surface area contributed by atoms with E-state index in [4.69, 9.17) is 4.74 Å². The number of nitrogens with zero attached hydrogens (tertiary/aromatic N) is 2. The molecule has 0 unspecified atom stereocenters. The smallest absolute Gasteiger partial charge is 0.320 e. The molecule has 3 atom stereocenters. The van der Waals surface area contributed by atoms with Crippen molar-refractivity contribution in [2.45, 2.75) is 44.8 Å². The number of esters is 1. The van der Waals surface area contributed by atoms with Gasteiger partial charge in [-0.15, -0.1) is 0 Å². The molecular formula is C13H20N2O3. The van der Waals surface area contributed by atoms with E-state index in [1.165, 1.54) is 0 Å². The quantitative estimate of drug-likeness (QED) is 0.533. The summed E-state index contributed by atoms with van der Waals surface area (Å²) >= 11 is 0. The maximum Gasteiger partial charge on any atom is 0.320 e. The molecule has 0 saturated carbocycles. The van der Waals surface area contributed by atoms with Crippen LogP contribution in [0.15, 0.2) is 0 Å². The summed E-state index contributed by atoms with van der Waals surface area (Å²) in [4.78, 5) is 28.8. The van der Waals surface area contributed by atoms with Crippen molar-refractivity contribution in [1.82, 2.24) is 9.80 Å². The van der Waals surface area contributed by atoms with Gasteiger partial charge in [-0.05, 0) is 32.6 Å². The summed E-state index contributed by atoms with van der Waals surface area (Å²) in [5.74, 6) is -0.911. The predicted octanol–water partition coefficient (Wildman–Crippen LogP) is 0.592. The van der Waals surface area contributed by atoms with Crippen molar-refractivity contribution in [2.24, 2.45) is 5.92 Å². The number of carbonyl (C=O) groups excluding carboxylic acids is 2. The fourth-order valence-corrected chi connectivity index (χ4v) is 3.73. The molecular weight excluding hydrogens is 232 g/mol. The lowest BCUT2D eigenvalue weighted by molar-refractivity contribution is -0.167. The van der Waals surface area contributed by atoms with Crippen molar-refractivity contribution in [1.29, 1.82) is 0 Å². The number of hydrogen-bond acceptors (Lipinski definition) is 4. The van der Waals surface area contributed by atoms with Gasteiger partial charge in [0.25, 0.3) is 0 Å². The van der Waals surface area contributed by atoms with Crippen molar-refractivity contribution >= 4 is 11.9 Å². The van der Waals surface area contributed by atoms with Gasteiger partial charge in [-0.2, -0.15) is 0 Å². The molecule has 3 fully saturated rings. The van der Waals surface area contributed by atoms with Crippen LogP contribution in [0.4, 0.5) is 0 Å². The predicted molar refractivity (Wildman–Crippen MR) is 64.6 cm³/mol. The van der Waals surface area contributed by atoms with Gasteiger partial charge in [-0.3, -0.25) is 14.5 Å². The largest absolute Gasteiger partial charge is 0.465 e. The molecule has 100 valence electrons. The SMILES string of the molecule is CCOC(=O)[C@H]1C(=O)N2CCC[C@@H]2N2CCC[C@H]12. The number of amides is 1. The van der Waals surface area contributed by atoms with Crippen LogP contribution in [-0.2, 0) is 14.3 Å². The maximum atomic E-state index is 12.5. The molecule has 0 aromatic rings. The average molecular weight is 252 g/mol. The Morgan fingerprint density at radius 3 is 2.89 bits per heavy atom. The fraction of sp³-hybridized carbons (Fsp3) is 0.846. The standard InChI is InChI=1S/C13H20N2O3/c1-2-18-13(17)11-9-5-3-7-14(9)10-6-4-8-15(10)12(11)16/h9-11H,2-8H2,1H3/t9-,10-,11-/m1/s1. The third-order valence-corrected chi connectivity index (χ3v) is 4.42. The molecule has 3 aliphatic rings. The lowest BCUT2D eigenvalue weighted by Crippen LogP contribution is -2.62. The molecule has 5 nitrogen and oxygen atoms in total. The Morgan fingerprint density at radius 1 is 1.33 bits per heavy atom. The Balaban J connectivity index is 1.88. The highest BCUT2D eigenvalue weighted by molar-refractivity contribution is 5.99. The van der Waals surface area contributed by atoms with Gasteiger partial charge in [-0.25, -0.2) is 0 Å². The van der Waals surface area contributed by atoms with Gasteiger partial charge in [0.1, 0.15) is 0 Å². The number of carbonyl (C=O) groups is 2. The minimum absolute atomic E-state index is 0.000833. The first-order chi connectivity index (χ1) is 8.74. The van der Waals surface area contributed by atoms with Gasteiger partial charge >= 0.3 is 5.97 Å². The van der Waals surface area contributed by atoms with E-state index in [0.717, 1.165) is 38.8 Å². The summed E-state index contributed by atoms with van der Waals surface area (Å²) in [5, 5.41) is 0. The van der Waals surface area contributed by atoms with Crippen LogP contribution in [0.5, 0.6) is 0 Å². The molecule has 0 bridgehead atoms. The van der Waals surface area contributed by atoms with Crippen molar-refractivity contribution in [3.63, 3.8) is 0 Å². The number of hydrogen-bond donors (Lipinski definition) is 0. The first-order valence-corrected chi connectivity index (χ1v) is 6.97. The van der Waals surface area contributed by atoms with E-state index in [1.54, 1.807) is 6.92 Å². The van der Waals surface area contributed by atoms with E-state index in [-0.39, 0.29) is 24.1 Å². The molecule has 5 heteroatoms. The van der Waals surface area contributed by atoms with Crippen LogP contribution in [0.1, 0.15) is 32.6 Å². The van der Waals surface area contributed by atoms with Gasteiger partial charge in [0.15, 0.2) is 5.92 Å². The van der Waals surface area contributed by atoms with E-state index in [9.17, 15) is 9.59 Å². The molecule has 18 heavy (non-hydrogen) atoms. The van der Waals surface area contributed by atoms with Crippen LogP contribution in [0.25, 0.3) is 0 Å². The molecule has 0 aromatic heterocycles. The van der Waals surface area contributed by atoms with E-state index in [1.807, 2.05) is 4.90 Å². The number of rotatable bonds is 2. The second-order valence-corrected chi connectivity index (χ2v) is 5.33. The highest BCUT2D eigenvalue weighted by atomic mass is 16.5. The molecule has 1 amide bonds. The highest BCUT2D eigenvalue weighted by Crippen LogP contribution is 2.38. The molecule has 3 rings (SSSR count). The van der Waals surface area contributed by atoms with Gasteiger partial charge in [-0.1, -0.05) is 0 Å². The van der Waals surface area contributed by atoms with Gasteiger partial charge in [0.2, 0.25) is 5.91 Å². The molecule has 3 saturated heterocycles. The molecule has 0 aromatic carbocycles. The van der Waals surface area contributed by atoms with Gasteiger partial charge in [0, 0.05) is 19.1 Å². The van der Waals surface area contributed by atoms with Crippen molar-refractivity contribution < 1.29 is 14.3 Å². The topological polar surface area (TPSA) is 49.9 Å². The van der Waals surface area contributed by atoms with Crippen LogP contribution >= 0.6 is 0 Å². The van der Waals surface area contributed by atoms with Gasteiger partial charge < -0.3 is 9.64 Å². The summed E-state index contributed by atoms with van der Waals surface area (Å²) in [6, 6.07) is 0.0795. The van der Waals surface area contributed by atoms with Crippen LogP contribution in [0.2, 0.25) is 0 Å². The molecule has 0 spiro atoms. The lowest BCUT2D eigenvalue weighted by atomic mass is 9.93. The first-order valence-electron chi connectivity index (χ1n) is 6.97. The third kappa shape index (κ3) is 1.64. The fourth-order valence-electron chi connectivity index (χ4n) is 3.73. The zero-order chi connectivity index (χ0) is 12.7. The van der Waals surface area contributed by atoms with Crippen molar-refractivity contribution in [3.8, 4) is 0 Å². The summed E-state index contributed by atoms with van der Waals surface area (Å²) in [6.07, 6.45) is 4.38. The summed E-state index contributed by atoms with van der Waals surface area (Å²) in [7, 11) is 0. The van der Waals surface area contributed by atoms with Crippen LogP contribution in [-0.4, -0.2) is 53.6 Å². The van der Waals surface area contributed by atoms with Crippen LogP contribution in [0.3, 0.4) is 0 Å². The Kier molecular flexibility index (Phi) is 3.01. The number of ether oxygens (including phenoxy) is 1. The number of fused-ring (bicyclic) bond motifs is 3. The first kappa shape index (κ1) is 12.0. The van der Waals surface area contributed by atoms with Gasteiger partial charge in [0.05, 0.1) is 12.8 Å². The monoisotopic (exact) mass is 252 g/mol. The highest BCUT2D eigenvalue weighted by Gasteiger charge is 2.53. The maximum absolute atomic E-state index is 12.5. The summed E-state index contributed by atoms with van der Waals surface area (Å²) < 4.78 is 5.10. The van der Waals surface area contributed by atoms with Crippen LogP contribution in [0, 0.1) is 5.92 Å². The Morgan fingerprint density at radius 2 is 2.11 bits per heavy atom. The zero-order valence-electron chi connectivity index (χ0n) is 10.8. The molecule has 0 radical (unpaired) electrons. The Hall–Kier alpha value is -1.10. The lowest BCUT2D eigenvalue weighted by Gasteiger charge is -2.44. The van der Waals surface area contributed by atoms with Crippen LogP contribution < -0.4 is 0 Å². The third-order valence-electron chi connectivity index (χ3n) is 4.42. The molecule has 0 aliphatic carbocycles. The minimum Gasteiger partial charge on any atom is -0.465 e. The van der Waals surface area contributed by atoms with E-state index < -0.39 is 5.92 Å². The minimum atomic E-state index is -0.582. The van der Waals surface area contributed by atoms with E-state index in [0.29, 0.717) is 6.61 Å². The molecule has 0 N–H and O–H groups in total. The molecule has 3 heterocycles. The summed E-state index contributed by atoms with van der Waals surface area (Å²) in [5.41, 5.74) is 0. The van der Waals surface area contributed by atoms with E-state index in [2.05, 4.69) is 4.90 Å². The van der Waals surface area contributed by atoms with E-state index >= 15 is 0 Å². The average Bonchev–Trinajstić information content (AvgIpc) is 2.96. The van der Waals surface area contributed by atoms with Crippen molar-refractivity contribution in [3.05, 3.63) is 0 Å². The zero-order valence-corrected chi connectivity index (χ0v) is 10.8. The second-order valence-electron chi connectivity index (χ2n) is 5.33. The Labute approximate surface area is 107 Å². The second kappa shape index (κ2) is 4.53. The normalized spacial score (nSPS) is 35.5. The molecule has 3 aliphatic heterocycles. The van der Waals surface area contributed by atoms with Crippen molar-refractivity contribution in [2.75, 3.05) is 19.7 Å². The Bertz CT molecular complexity index is 371. The summed E-state index contributed by atoms with van der Waals surface area (Å²) in [6.45, 7) is 3.94.